The second-order valence-electron chi connectivity index (χ2n) is 5.14. The zero-order valence-corrected chi connectivity index (χ0v) is 12.8. The second kappa shape index (κ2) is 6.37. The molecule has 2 N–H and O–H groups in total. The number of carbonyl (C=O) groups is 1. The van der Waals surface area contributed by atoms with Crippen LogP contribution < -0.4 is 10.9 Å². The van der Waals surface area contributed by atoms with Gasteiger partial charge in [-0.2, -0.15) is 0 Å². The van der Waals surface area contributed by atoms with Gasteiger partial charge in [0.15, 0.2) is 0 Å². The van der Waals surface area contributed by atoms with Crippen molar-refractivity contribution < 1.29 is 14.3 Å². The molecule has 0 bridgehead atoms. The molecular weight excluding hydrogens is 308 g/mol. The summed E-state index contributed by atoms with van der Waals surface area (Å²) < 4.78 is 4.84. The normalized spacial score (nSPS) is 11.0. The van der Waals surface area contributed by atoms with Gasteiger partial charge >= 0.3 is 5.63 Å². The van der Waals surface area contributed by atoms with Crippen LogP contribution in [0.2, 0.25) is 0 Å². The van der Waals surface area contributed by atoms with Crippen LogP contribution in [0.5, 0.6) is 5.95 Å². The topological polar surface area (TPSA) is 91.9 Å². The zero-order chi connectivity index (χ0) is 17.1. The maximum absolute atomic E-state index is 11.8. The van der Waals surface area contributed by atoms with Crippen molar-refractivity contribution in [2.24, 2.45) is 4.99 Å². The molecule has 1 aromatic heterocycles. The fourth-order valence-corrected chi connectivity index (χ4v) is 2.34. The Morgan fingerprint density at radius 1 is 1.17 bits per heavy atom. The molecule has 120 valence electrons. The maximum atomic E-state index is 11.8. The lowest BCUT2D eigenvalue weighted by atomic mass is 10.1. The number of carbonyl (C=O) groups excluding carboxylic acids is 1. The van der Waals surface area contributed by atoms with Gasteiger partial charge in [0.1, 0.15) is 0 Å². The lowest BCUT2D eigenvalue weighted by Gasteiger charge is -2.04. The predicted octanol–water partition coefficient (Wildman–Crippen LogP) is 3.21. The molecule has 0 aliphatic rings. The summed E-state index contributed by atoms with van der Waals surface area (Å²) in [7, 11) is 0. The van der Waals surface area contributed by atoms with Gasteiger partial charge in [-0.05, 0) is 24.3 Å². The van der Waals surface area contributed by atoms with E-state index in [1.807, 2.05) is 0 Å². The highest BCUT2D eigenvalue weighted by Crippen LogP contribution is 2.24. The Labute approximate surface area is 137 Å². The van der Waals surface area contributed by atoms with Crippen LogP contribution in [0, 0.1) is 0 Å². The molecule has 6 heteroatoms. The van der Waals surface area contributed by atoms with Gasteiger partial charge in [0.25, 0.3) is 5.95 Å². The van der Waals surface area contributed by atoms with Crippen LogP contribution in [0.25, 0.3) is 10.8 Å². The summed E-state index contributed by atoms with van der Waals surface area (Å²) in [5.74, 6) is -0.662. The summed E-state index contributed by atoms with van der Waals surface area (Å²) in [5.41, 5.74) is 0.907. The summed E-state index contributed by atoms with van der Waals surface area (Å²) in [5, 5.41) is 13.5. The molecule has 0 aliphatic heterocycles. The minimum absolute atomic E-state index is 0.176. The van der Waals surface area contributed by atoms with Crippen LogP contribution in [0.15, 0.2) is 62.7 Å². The molecular formula is C18H14N2O4. The number of anilines is 1. The Hall–Kier alpha value is -3.41. The molecule has 0 saturated carbocycles. The smallest absolute Gasteiger partial charge is 0.346 e. The second-order valence-corrected chi connectivity index (χ2v) is 5.14. The molecule has 0 saturated heterocycles. The van der Waals surface area contributed by atoms with E-state index in [2.05, 4.69) is 10.3 Å². The van der Waals surface area contributed by atoms with Crippen molar-refractivity contribution in [1.29, 1.82) is 0 Å². The third-order valence-corrected chi connectivity index (χ3v) is 3.37. The summed E-state index contributed by atoms with van der Waals surface area (Å²) in [6.45, 7) is 1.42. The van der Waals surface area contributed by atoms with E-state index < -0.39 is 11.6 Å². The summed E-state index contributed by atoms with van der Waals surface area (Å²) in [6.07, 6.45) is 1.42. The van der Waals surface area contributed by atoms with Gasteiger partial charge in [-0.3, -0.25) is 9.79 Å². The third kappa shape index (κ3) is 3.17. The van der Waals surface area contributed by atoms with Crippen LogP contribution in [-0.4, -0.2) is 17.2 Å². The Bertz CT molecular complexity index is 1010. The molecule has 0 atom stereocenters. The SMILES string of the molecule is CC(=O)Nc1cccc(N=Cc2c(O)oc(=O)c3ccccc23)c1. The van der Waals surface area contributed by atoms with Crippen molar-refractivity contribution in [2.45, 2.75) is 6.92 Å². The number of hydrogen-bond acceptors (Lipinski definition) is 5. The number of amides is 1. The van der Waals surface area contributed by atoms with Gasteiger partial charge in [0, 0.05) is 24.2 Å². The van der Waals surface area contributed by atoms with Gasteiger partial charge in [0.2, 0.25) is 5.91 Å². The first-order chi connectivity index (χ1) is 11.5. The highest BCUT2D eigenvalue weighted by Gasteiger charge is 2.10. The number of nitrogens with one attached hydrogen (secondary N) is 1. The van der Waals surface area contributed by atoms with Crippen molar-refractivity contribution in [2.75, 3.05) is 5.32 Å². The Morgan fingerprint density at radius 3 is 2.67 bits per heavy atom. The molecule has 0 spiro atoms. The predicted molar refractivity (Wildman–Crippen MR) is 92.1 cm³/mol. The minimum atomic E-state index is -0.604. The molecule has 0 aliphatic carbocycles. The molecule has 0 unspecified atom stereocenters. The third-order valence-electron chi connectivity index (χ3n) is 3.37. The molecule has 24 heavy (non-hydrogen) atoms. The van der Waals surface area contributed by atoms with Crippen molar-refractivity contribution in [3.05, 3.63) is 64.5 Å². The Balaban J connectivity index is 2.03. The average Bonchev–Trinajstić information content (AvgIpc) is 2.54. The van der Waals surface area contributed by atoms with Crippen LogP contribution in [-0.2, 0) is 4.79 Å². The van der Waals surface area contributed by atoms with Gasteiger partial charge < -0.3 is 14.8 Å². The first-order valence-electron chi connectivity index (χ1n) is 7.21. The molecule has 3 aromatic rings. The van der Waals surface area contributed by atoms with Gasteiger partial charge in [0.05, 0.1) is 16.6 Å². The monoisotopic (exact) mass is 322 g/mol. The number of fused-ring (bicyclic) bond motifs is 1. The highest BCUT2D eigenvalue weighted by molar-refractivity contribution is 6.01. The quantitative estimate of drug-likeness (QED) is 0.724. The fraction of sp³-hybridized carbons (Fsp3) is 0.0556. The lowest BCUT2D eigenvalue weighted by Crippen LogP contribution is -2.05. The number of hydrogen-bond donors (Lipinski definition) is 2. The zero-order valence-electron chi connectivity index (χ0n) is 12.8. The molecule has 0 radical (unpaired) electrons. The first kappa shape index (κ1) is 15.5. The first-order valence-corrected chi connectivity index (χ1v) is 7.21. The fourth-order valence-electron chi connectivity index (χ4n) is 2.34. The number of rotatable bonds is 3. The molecule has 6 nitrogen and oxygen atoms in total. The van der Waals surface area contributed by atoms with Crippen LogP contribution in [0.3, 0.4) is 0 Å². The van der Waals surface area contributed by atoms with Crippen LogP contribution >= 0.6 is 0 Å². The van der Waals surface area contributed by atoms with Crippen LogP contribution in [0.1, 0.15) is 12.5 Å². The largest absolute Gasteiger partial charge is 0.480 e. The molecule has 2 aromatic carbocycles. The van der Waals surface area contributed by atoms with E-state index in [1.54, 1.807) is 48.5 Å². The number of nitrogens with zero attached hydrogens (tertiary/aromatic N) is 1. The van der Waals surface area contributed by atoms with E-state index in [-0.39, 0.29) is 5.91 Å². The molecule has 1 amide bonds. The standard InChI is InChI=1S/C18H14N2O4/c1-11(21)20-13-6-4-5-12(9-13)19-10-16-14-7-2-3-8-15(14)17(22)24-18(16)23/h2-10,23H,1H3,(H,20,21). The van der Waals surface area contributed by atoms with Crippen LogP contribution in [0.4, 0.5) is 11.4 Å². The molecule has 1 heterocycles. The maximum Gasteiger partial charge on any atom is 0.346 e. The molecule has 3 rings (SSSR count). The van der Waals surface area contributed by atoms with Gasteiger partial charge in [-0.15, -0.1) is 0 Å². The van der Waals surface area contributed by atoms with Crippen molar-refractivity contribution in [3.8, 4) is 5.95 Å². The van der Waals surface area contributed by atoms with E-state index in [0.29, 0.717) is 27.7 Å². The van der Waals surface area contributed by atoms with E-state index in [9.17, 15) is 14.7 Å². The van der Waals surface area contributed by atoms with E-state index in [4.69, 9.17) is 4.42 Å². The van der Waals surface area contributed by atoms with E-state index >= 15 is 0 Å². The highest BCUT2D eigenvalue weighted by atomic mass is 16.5. The lowest BCUT2D eigenvalue weighted by molar-refractivity contribution is -0.114. The Morgan fingerprint density at radius 2 is 1.92 bits per heavy atom. The number of aliphatic imine (C=N–C) groups is 1. The van der Waals surface area contributed by atoms with Crippen molar-refractivity contribution in [1.82, 2.24) is 0 Å². The van der Waals surface area contributed by atoms with Crippen molar-refractivity contribution in [3.63, 3.8) is 0 Å². The minimum Gasteiger partial charge on any atom is -0.480 e. The molecule has 0 fully saturated rings. The summed E-state index contributed by atoms with van der Waals surface area (Å²) >= 11 is 0. The summed E-state index contributed by atoms with van der Waals surface area (Å²) in [4.78, 5) is 27.2. The average molecular weight is 322 g/mol. The van der Waals surface area contributed by atoms with Gasteiger partial charge in [-0.25, -0.2) is 4.79 Å². The van der Waals surface area contributed by atoms with E-state index in [0.717, 1.165) is 0 Å². The van der Waals surface area contributed by atoms with Gasteiger partial charge in [-0.1, -0.05) is 24.3 Å². The number of benzene rings is 2. The number of aromatic hydroxyl groups is 1. The van der Waals surface area contributed by atoms with E-state index in [1.165, 1.54) is 13.1 Å². The Kier molecular flexibility index (Phi) is 4.11. The summed E-state index contributed by atoms with van der Waals surface area (Å²) in [6, 6.07) is 13.7. The van der Waals surface area contributed by atoms with Crippen molar-refractivity contribution >= 4 is 34.3 Å².